The molecule has 2 aromatic carbocycles. The van der Waals surface area contributed by atoms with E-state index in [2.05, 4.69) is 133 Å². The van der Waals surface area contributed by atoms with Crippen molar-refractivity contribution >= 4 is 35.4 Å². The average Bonchev–Trinajstić information content (AvgIpc) is 3.16. The van der Waals surface area contributed by atoms with E-state index in [0.717, 1.165) is 65.5 Å². The van der Waals surface area contributed by atoms with Gasteiger partial charge in [-0.1, -0.05) is 138 Å². The molecule has 2 aromatic rings. The highest BCUT2D eigenvalue weighted by atomic mass is 31.1. The van der Waals surface area contributed by atoms with Crippen molar-refractivity contribution in [3.63, 3.8) is 0 Å². The zero-order chi connectivity index (χ0) is 43.4. The number of rotatable bonds is 6. The lowest BCUT2D eigenvalue weighted by Crippen LogP contribution is -2.32. The Morgan fingerprint density at radius 3 is 2.10 bits per heavy atom. The first-order valence-electron chi connectivity index (χ1n) is 22.6. The van der Waals surface area contributed by atoms with Crippen molar-refractivity contribution in [3.8, 4) is 0 Å². The summed E-state index contributed by atoms with van der Waals surface area (Å²) in [5, 5.41) is 3.80. The maximum Gasteiger partial charge on any atom is 0.105 e. The van der Waals surface area contributed by atoms with Crippen LogP contribution in [0, 0.1) is 42.9 Å². The van der Waals surface area contributed by atoms with Crippen LogP contribution in [0.1, 0.15) is 142 Å². The van der Waals surface area contributed by atoms with Crippen molar-refractivity contribution in [1.29, 1.82) is 0 Å². The second-order valence-electron chi connectivity index (χ2n) is 19.3. The van der Waals surface area contributed by atoms with Crippen LogP contribution in [-0.4, -0.2) is 11.0 Å². The molecule has 1 aliphatic heterocycles. The summed E-state index contributed by atoms with van der Waals surface area (Å²) < 4.78 is 17.4. The minimum Gasteiger partial charge on any atom is -0.211 e. The van der Waals surface area contributed by atoms with Gasteiger partial charge in [0, 0.05) is 23.4 Å². The molecule has 3 aliphatic carbocycles. The Labute approximate surface area is 360 Å². The second kappa shape index (κ2) is 17.3. The van der Waals surface area contributed by atoms with Crippen molar-refractivity contribution < 1.29 is 4.39 Å². The fraction of sp³-hybridized carbons (Fsp3) is 0.456. The Morgan fingerprint density at radius 1 is 0.915 bits per heavy atom. The third-order valence-corrected chi connectivity index (χ3v) is 16.2. The summed E-state index contributed by atoms with van der Waals surface area (Å²) >= 11 is 0. The first-order valence-corrected chi connectivity index (χ1v) is 23.5. The van der Waals surface area contributed by atoms with Gasteiger partial charge in [0.25, 0.3) is 0 Å². The fourth-order valence-electron chi connectivity index (χ4n) is 10.9. The molecule has 59 heavy (non-hydrogen) atoms. The standard InChI is InChI=1S/C57H72FP/c1-18-21-46-40(15)59-41(16)57(17)25-20-22-44(33(7)8)52(57)28-36(11)48-29-42(58)30-49-35(10)27-51-39(14)53(54(37(12)31(3)4)43(19-2)32(5)6)38(13)50-26-34(9)45(23-24-47(46)48)55(49)56(50)51/h19-22,26-27,29,31-33,41,53H,11,13-14,18,23-25,28,30H2,1-10,12,15-17H3/b42-29+,43-19-,46-21-,48-47+,54-37-. The fourth-order valence-corrected chi connectivity index (χ4v) is 12.4. The van der Waals surface area contributed by atoms with Crippen LogP contribution < -0.4 is 0 Å². The van der Waals surface area contributed by atoms with Crippen LogP contribution in [0.3, 0.4) is 0 Å². The van der Waals surface area contributed by atoms with Crippen molar-refractivity contribution in [2.75, 3.05) is 0 Å². The van der Waals surface area contributed by atoms with E-state index in [1.807, 2.05) is 6.08 Å². The Morgan fingerprint density at radius 2 is 1.54 bits per heavy atom. The normalized spacial score (nSPS) is 26.6. The van der Waals surface area contributed by atoms with E-state index in [1.165, 1.54) is 85.5 Å². The number of fused-ring (bicyclic) bond motifs is 1. The van der Waals surface area contributed by atoms with Gasteiger partial charge in [0.2, 0.25) is 0 Å². The van der Waals surface area contributed by atoms with Crippen molar-refractivity contribution in [2.24, 2.45) is 29.1 Å². The minimum atomic E-state index is -0.104. The molecule has 312 valence electrons. The Bertz CT molecular complexity index is 2380. The van der Waals surface area contributed by atoms with Crippen LogP contribution in [0.2, 0.25) is 0 Å². The quantitative estimate of drug-likeness (QED) is 0.201. The molecule has 0 N–H and O–H groups in total. The molecule has 4 aliphatic rings. The summed E-state index contributed by atoms with van der Waals surface area (Å²) in [6, 6.07) is 4.73. The predicted molar refractivity (Wildman–Crippen MR) is 262 cm³/mol. The number of halogens is 1. The van der Waals surface area contributed by atoms with E-state index in [1.54, 1.807) is 0 Å². The maximum absolute atomic E-state index is 17.4. The minimum absolute atomic E-state index is 0.00279. The van der Waals surface area contributed by atoms with Crippen LogP contribution in [0.4, 0.5) is 4.39 Å². The van der Waals surface area contributed by atoms with E-state index >= 15 is 4.39 Å². The van der Waals surface area contributed by atoms with Gasteiger partial charge in [0.05, 0.1) is 0 Å². The molecule has 3 atom stereocenters. The number of hydrogen-bond donors (Lipinski definition) is 0. The molecule has 0 radical (unpaired) electrons. The maximum atomic E-state index is 17.4. The van der Waals surface area contributed by atoms with Crippen LogP contribution >= 0.6 is 8.20 Å². The van der Waals surface area contributed by atoms with E-state index < -0.39 is 0 Å². The first kappa shape index (κ1) is 44.7. The third-order valence-electron chi connectivity index (χ3n) is 14.6. The molecule has 6 rings (SSSR count). The lowest BCUT2D eigenvalue weighted by Gasteiger charge is -2.42. The highest BCUT2D eigenvalue weighted by Gasteiger charge is 2.39. The van der Waals surface area contributed by atoms with E-state index in [4.69, 9.17) is 19.7 Å². The van der Waals surface area contributed by atoms with Crippen molar-refractivity contribution in [1.82, 2.24) is 0 Å². The molecule has 0 aromatic heterocycles. The second-order valence-corrected chi connectivity index (χ2v) is 21.0. The number of allylic oxidation sites excluding steroid dienone is 17. The van der Waals surface area contributed by atoms with Gasteiger partial charge in [0.1, 0.15) is 5.83 Å². The molecule has 2 heteroatoms. The molecule has 0 saturated heterocycles. The molecule has 0 saturated carbocycles. The lowest BCUT2D eigenvalue weighted by atomic mass is 9.66. The zero-order valence-corrected chi connectivity index (χ0v) is 40.0. The molecular weight excluding hydrogens is 735 g/mol. The Hall–Kier alpha value is -3.80. The smallest absolute Gasteiger partial charge is 0.105 e. The summed E-state index contributed by atoms with van der Waals surface area (Å²) in [6.07, 6.45) is 15.9. The van der Waals surface area contributed by atoms with Gasteiger partial charge >= 0.3 is 0 Å². The van der Waals surface area contributed by atoms with Crippen molar-refractivity contribution in [3.05, 3.63) is 152 Å². The van der Waals surface area contributed by atoms with E-state index in [9.17, 15) is 0 Å². The van der Waals surface area contributed by atoms with E-state index in [0.29, 0.717) is 23.4 Å². The van der Waals surface area contributed by atoms with E-state index in [-0.39, 0.29) is 23.6 Å². The summed E-state index contributed by atoms with van der Waals surface area (Å²) in [5.41, 5.74) is 21.4. The SMILES string of the molecule is C=C1CC2=C(C(C)C)C=CCC2(C)C(C)P=C(C)C(=C/CC)/C2=C1\C=C(\F)Cc1c(C)cc3c4c(cc(C)c(c14)CC2)C(=C)C(C(/C(=C\C)C(C)C)=C(/C)C(C)C)C3=C. The molecule has 0 bridgehead atoms. The van der Waals surface area contributed by atoms with Gasteiger partial charge < -0.3 is 0 Å². The summed E-state index contributed by atoms with van der Waals surface area (Å²) in [7, 11) is 1.34. The van der Waals surface area contributed by atoms with Gasteiger partial charge in [-0.25, -0.2) is 4.39 Å². The monoisotopic (exact) mass is 807 g/mol. The van der Waals surface area contributed by atoms with Crippen LogP contribution in [0.5, 0.6) is 0 Å². The molecule has 0 amide bonds. The molecular formula is C57H72FP. The van der Waals surface area contributed by atoms with Crippen LogP contribution in [0.25, 0.3) is 21.9 Å². The Kier molecular flexibility index (Phi) is 13.1. The number of aryl methyl sites for hydroxylation is 3. The zero-order valence-electron chi connectivity index (χ0n) is 39.1. The lowest BCUT2D eigenvalue weighted by molar-refractivity contribution is 0.377. The number of benzene rings is 2. The summed E-state index contributed by atoms with van der Waals surface area (Å²) in [4.78, 5) is 0. The van der Waals surface area contributed by atoms with Gasteiger partial charge in [-0.15, -0.1) is 0 Å². The first-order chi connectivity index (χ1) is 27.8. The van der Waals surface area contributed by atoms with Gasteiger partial charge in [-0.3, -0.25) is 0 Å². The van der Waals surface area contributed by atoms with Gasteiger partial charge in [-0.2, -0.15) is 0 Å². The highest BCUT2D eigenvalue weighted by Crippen LogP contribution is 2.55. The van der Waals surface area contributed by atoms with Crippen LogP contribution in [0.15, 0.2) is 118 Å². The predicted octanol–water partition coefficient (Wildman–Crippen LogP) is 17.1. The number of hydrogen-bond acceptors (Lipinski definition) is 0. The highest BCUT2D eigenvalue weighted by molar-refractivity contribution is 7.42. The average molecular weight is 807 g/mol. The molecule has 0 nitrogen and oxygen atoms in total. The van der Waals surface area contributed by atoms with Gasteiger partial charge in [0.15, 0.2) is 0 Å². The van der Waals surface area contributed by atoms with Gasteiger partial charge in [-0.05, 0) is 190 Å². The van der Waals surface area contributed by atoms with Crippen molar-refractivity contribution in [2.45, 2.75) is 141 Å². The largest absolute Gasteiger partial charge is 0.211 e. The molecule has 3 unspecified atom stereocenters. The molecule has 1 heterocycles. The topological polar surface area (TPSA) is 0 Å². The summed E-state index contributed by atoms with van der Waals surface area (Å²) in [6.45, 7) is 46.9. The van der Waals surface area contributed by atoms with Crippen LogP contribution in [-0.2, 0) is 12.8 Å². The third kappa shape index (κ3) is 7.85. The Balaban J connectivity index is 1.61. The molecule has 0 spiro atoms. The summed E-state index contributed by atoms with van der Waals surface area (Å²) in [5.74, 6) is 1.03. The molecule has 0 fully saturated rings.